The van der Waals surface area contributed by atoms with Crippen LogP contribution in [0.4, 0.5) is 0 Å². The minimum Gasteiger partial charge on any atom is -0.352 e. The minimum atomic E-state index is 0.0932. The molecule has 0 bridgehead atoms. The van der Waals surface area contributed by atoms with Crippen LogP contribution in [-0.4, -0.2) is 58.8 Å². The third kappa shape index (κ3) is 5.31. The number of carbonyl (C=O) groups excluding carboxylic acids is 2. The fraction of sp³-hybridized carbons (Fsp3) is 0.480. The number of piperidine rings is 2. The first-order valence-corrected chi connectivity index (χ1v) is 11.4. The second-order valence-corrected chi connectivity index (χ2v) is 8.73. The van der Waals surface area contributed by atoms with E-state index in [-0.39, 0.29) is 17.7 Å². The molecule has 31 heavy (non-hydrogen) atoms. The predicted octanol–water partition coefficient (Wildman–Crippen LogP) is 3.02. The van der Waals surface area contributed by atoms with E-state index in [0.717, 1.165) is 68.6 Å². The summed E-state index contributed by atoms with van der Waals surface area (Å²) in [6, 6.07) is 12.2. The highest BCUT2D eigenvalue weighted by Gasteiger charge is 2.32. The van der Waals surface area contributed by atoms with Gasteiger partial charge in [-0.15, -0.1) is 0 Å². The van der Waals surface area contributed by atoms with Crippen LogP contribution in [0.25, 0.3) is 0 Å². The number of aromatic nitrogens is 1. The van der Waals surface area contributed by atoms with Crippen LogP contribution in [-0.2, 0) is 11.3 Å². The van der Waals surface area contributed by atoms with Gasteiger partial charge < -0.3 is 15.1 Å². The molecule has 6 heteroatoms. The maximum absolute atomic E-state index is 12.8. The number of aryl methyl sites for hydroxylation is 1. The second-order valence-electron chi connectivity index (χ2n) is 8.73. The summed E-state index contributed by atoms with van der Waals surface area (Å²) in [7, 11) is 0. The largest absolute Gasteiger partial charge is 0.352 e. The van der Waals surface area contributed by atoms with Crippen LogP contribution in [0.5, 0.6) is 0 Å². The Morgan fingerprint density at radius 3 is 2.42 bits per heavy atom. The van der Waals surface area contributed by atoms with E-state index in [4.69, 9.17) is 0 Å². The van der Waals surface area contributed by atoms with E-state index in [1.807, 2.05) is 48.2 Å². The third-order valence-corrected chi connectivity index (χ3v) is 6.73. The Morgan fingerprint density at radius 1 is 1.00 bits per heavy atom. The van der Waals surface area contributed by atoms with Crippen molar-refractivity contribution in [3.05, 3.63) is 65.5 Å². The van der Waals surface area contributed by atoms with Crippen LogP contribution < -0.4 is 5.32 Å². The average Bonchev–Trinajstić information content (AvgIpc) is 2.83. The van der Waals surface area contributed by atoms with Gasteiger partial charge in [-0.05, 0) is 69.0 Å². The summed E-state index contributed by atoms with van der Waals surface area (Å²) in [5.41, 5.74) is 2.89. The summed E-state index contributed by atoms with van der Waals surface area (Å²) < 4.78 is 0. The number of nitrogens with one attached hydrogen (secondary N) is 1. The second kappa shape index (κ2) is 10.1. The van der Waals surface area contributed by atoms with Gasteiger partial charge in [0.2, 0.25) is 5.91 Å². The standard InChI is InChI=1S/C25H32N4O2/c1-19-5-2-3-7-23(19)25(31)29-15-10-22(11-16-29)28-13-8-21(9-14-28)24(30)27-18-20-6-4-12-26-17-20/h2-7,12,17,21-22H,8-11,13-16,18H2,1H3,(H,27,30). The molecule has 2 aliphatic heterocycles. The molecule has 0 radical (unpaired) electrons. The zero-order valence-corrected chi connectivity index (χ0v) is 18.3. The maximum atomic E-state index is 12.8. The maximum Gasteiger partial charge on any atom is 0.254 e. The van der Waals surface area contributed by atoms with Crippen LogP contribution in [0.2, 0.25) is 0 Å². The number of pyridine rings is 1. The molecular formula is C25H32N4O2. The average molecular weight is 421 g/mol. The van der Waals surface area contributed by atoms with Gasteiger partial charge in [0, 0.05) is 49.6 Å². The molecule has 2 amide bonds. The summed E-state index contributed by atoms with van der Waals surface area (Å²) in [5.74, 6) is 0.401. The smallest absolute Gasteiger partial charge is 0.254 e. The van der Waals surface area contributed by atoms with Gasteiger partial charge in [-0.1, -0.05) is 24.3 Å². The molecule has 6 nitrogen and oxygen atoms in total. The quantitative estimate of drug-likeness (QED) is 0.808. The molecule has 3 heterocycles. The number of hydrogen-bond acceptors (Lipinski definition) is 4. The van der Waals surface area contributed by atoms with E-state index in [0.29, 0.717) is 12.6 Å². The number of nitrogens with zero attached hydrogens (tertiary/aromatic N) is 3. The Balaban J connectivity index is 1.21. The van der Waals surface area contributed by atoms with E-state index in [9.17, 15) is 9.59 Å². The number of carbonyl (C=O) groups is 2. The van der Waals surface area contributed by atoms with Crippen LogP contribution in [0.3, 0.4) is 0 Å². The zero-order valence-electron chi connectivity index (χ0n) is 18.3. The lowest BCUT2D eigenvalue weighted by atomic mass is 9.92. The van der Waals surface area contributed by atoms with Crippen LogP contribution in [0.1, 0.15) is 47.2 Å². The van der Waals surface area contributed by atoms with Crippen molar-refractivity contribution in [1.82, 2.24) is 20.1 Å². The fourth-order valence-corrected chi connectivity index (χ4v) is 4.78. The lowest BCUT2D eigenvalue weighted by molar-refractivity contribution is -0.126. The Morgan fingerprint density at radius 2 is 1.74 bits per heavy atom. The van der Waals surface area contributed by atoms with Crippen molar-refractivity contribution in [3.8, 4) is 0 Å². The molecule has 0 saturated carbocycles. The van der Waals surface area contributed by atoms with E-state index >= 15 is 0 Å². The van der Waals surface area contributed by atoms with Crippen molar-refractivity contribution >= 4 is 11.8 Å². The molecule has 0 aliphatic carbocycles. The minimum absolute atomic E-state index is 0.0932. The topological polar surface area (TPSA) is 65.5 Å². The normalized spacial score (nSPS) is 18.7. The van der Waals surface area contributed by atoms with E-state index in [2.05, 4.69) is 15.2 Å². The van der Waals surface area contributed by atoms with Gasteiger partial charge in [-0.25, -0.2) is 0 Å². The molecule has 1 aromatic heterocycles. The van der Waals surface area contributed by atoms with Crippen LogP contribution in [0, 0.1) is 12.8 Å². The van der Waals surface area contributed by atoms with E-state index in [1.165, 1.54) is 0 Å². The summed E-state index contributed by atoms with van der Waals surface area (Å²) >= 11 is 0. The Labute approximate surface area is 184 Å². The first kappa shape index (κ1) is 21.5. The molecular weight excluding hydrogens is 388 g/mol. The number of benzene rings is 1. The van der Waals surface area contributed by atoms with Crippen molar-refractivity contribution in [3.63, 3.8) is 0 Å². The predicted molar refractivity (Wildman–Crippen MR) is 120 cm³/mol. The van der Waals surface area contributed by atoms with Gasteiger partial charge in [-0.2, -0.15) is 0 Å². The first-order chi connectivity index (χ1) is 15.1. The van der Waals surface area contributed by atoms with Crippen molar-refractivity contribution < 1.29 is 9.59 Å². The Bertz CT molecular complexity index is 885. The summed E-state index contributed by atoms with van der Waals surface area (Å²) in [6.07, 6.45) is 7.36. The number of rotatable bonds is 5. The summed E-state index contributed by atoms with van der Waals surface area (Å²) in [4.78, 5) is 34.0. The Hall–Kier alpha value is -2.73. The van der Waals surface area contributed by atoms with Gasteiger partial charge in [0.25, 0.3) is 5.91 Å². The first-order valence-electron chi connectivity index (χ1n) is 11.4. The molecule has 164 valence electrons. The molecule has 2 aliphatic rings. The summed E-state index contributed by atoms with van der Waals surface area (Å²) in [6.45, 7) is 6.08. The van der Waals surface area contributed by atoms with E-state index < -0.39 is 0 Å². The highest BCUT2D eigenvalue weighted by molar-refractivity contribution is 5.95. The molecule has 2 saturated heterocycles. The van der Waals surface area contributed by atoms with Crippen molar-refractivity contribution in [1.29, 1.82) is 0 Å². The lowest BCUT2D eigenvalue weighted by Crippen LogP contribution is -2.50. The van der Waals surface area contributed by atoms with Crippen molar-refractivity contribution in [2.45, 2.75) is 45.2 Å². The van der Waals surface area contributed by atoms with Gasteiger partial charge in [0.15, 0.2) is 0 Å². The number of hydrogen-bond donors (Lipinski definition) is 1. The fourth-order valence-electron chi connectivity index (χ4n) is 4.78. The molecule has 2 fully saturated rings. The SMILES string of the molecule is Cc1ccccc1C(=O)N1CCC(N2CCC(C(=O)NCc3cccnc3)CC2)CC1. The number of amides is 2. The molecule has 2 aromatic rings. The lowest BCUT2D eigenvalue weighted by Gasteiger charge is -2.41. The van der Waals surface area contributed by atoms with Gasteiger partial charge >= 0.3 is 0 Å². The molecule has 0 unspecified atom stereocenters. The summed E-state index contributed by atoms with van der Waals surface area (Å²) in [5, 5.41) is 3.06. The highest BCUT2D eigenvalue weighted by Crippen LogP contribution is 2.25. The van der Waals surface area contributed by atoms with Crippen molar-refractivity contribution in [2.75, 3.05) is 26.2 Å². The molecule has 1 aromatic carbocycles. The van der Waals surface area contributed by atoms with Gasteiger partial charge in [0.1, 0.15) is 0 Å². The number of likely N-dealkylation sites (tertiary alicyclic amines) is 2. The monoisotopic (exact) mass is 420 g/mol. The highest BCUT2D eigenvalue weighted by atomic mass is 16.2. The molecule has 0 atom stereocenters. The Kier molecular flexibility index (Phi) is 6.97. The van der Waals surface area contributed by atoms with Gasteiger partial charge in [0.05, 0.1) is 0 Å². The van der Waals surface area contributed by atoms with Crippen LogP contribution >= 0.6 is 0 Å². The molecule has 1 N–H and O–H groups in total. The van der Waals surface area contributed by atoms with Crippen LogP contribution in [0.15, 0.2) is 48.8 Å². The van der Waals surface area contributed by atoms with Crippen molar-refractivity contribution in [2.24, 2.45) is 5.92 Å². The zero-order chi connectivity index (χ0) is 21.6. The third-order valence-electron chi connectivity index (χ3n) is 6.73. The van der Waals surface area contributed by atoms with E-state index in [1.54, 1.807) is 12.4 Å². The molecule has 0 spiro atoms. The molecule has 4 rings (SSSR count). The van der Waals surface area contributed by atoms with Gasteiger partial charge in [-0.3, -0.25) is 14.6 Å².